The van der Waals surface area contributed by atoms with Gasteiger partial charge in [0.05, 0.1) is 0 Å². The van der Waals surface area contributed by atoms with E-state index >= 15 is 0 Å². The van der Waals surface area contributed by atoms with Gasteiger partial charge in [-0.1, -0.05) is 24.6 Å². The number of carbonyl (C=O) groups excluding carboxylic acids is 1. The van der Waals surface area contributed by atoms with E-state index in [9.17, 15) is 9.59 Å². The highest BCUT2D eigenvalue weighted by atomic mass is 16.4. The Labute approximate surface area is 113 Å². The zero-order valence-electron chi connectivity index (χ0n) is 11.3. The van der Waals surface area contributed by atoms with Gasteiger partial charge < -0.3 is 15.7 Å². The van der Waals surface area contributed by atoms with Gasteiger partial charge in [-0.3, -0.25) is 9.59 Å². The van der Waals surface area contributed by atoms with E-state index in [2.05, 4.69) is 10.6 Å². The summed E-state index contributed by atoms with van der Waals surface area (Å²) >= 11 is 0. The number of carboxylic acid groups (broad SMARTS) is 1. The fraction of sp³-hybridized carbons (Fsp3) is 0.429. The molecule has 0 aliphatic rings. The van der Waals surface area contributed by atoms with Crippen molar-refractivity contribution in [3.8, 4) is 0 Å². The van der Waals surface area contributed by atoms with Gasteiger partial charge in [0, 0.05) is 18.7 Å². The summed E-state index contributed by atoms with van der Waals surface area (Å²) in [5, 5.41) is 14.4. The second-order valence-electron chi connectivity index (χ2n) is 4.38. The van der Waals surface area contributed by atoms with Crippen molar-refractivity contribution in [2.24, 2.45) is 0 Å². The number of nitrogens with one attached hydrogen (secondary N) is 2. The molecule has 19 heavy (non-hydrogen) atoms. The molecular weight excluding hydrogens is 244 g/mol. The average molecular weight is 264 g/mol. The Morgan fingerprint density at radius 3 is 2.37 bits per heavy atom. The Kier molecular flexibility index (Phi) is 6.02. The van der Waals surface area contributed by atoms with Gasteiger partial charge in [0.2, 0.25) is 0 Å². The minimum Gasteiger partial charge on any atom is -0.480 e. The Hall–Kier alpha value is -1.88. The maximum Gasteiger partial charge on any atom is 0.320 e. The monoisotopic (exact) mass is 264 g/mol. The first-order chi connectivity index (χ1) is 9.04. The molecule has 0 aliphatic heterocycles. The smallest absolute Gasteiger partial charge is 0.320 e. The molecule has 0 heterocycles. The van der Waals surface area contributed by atoms with E-state index in [1.54, 1.807) is 19.1 Å². The highest BCUT2D eigenvalue weighted by Crippen LogP contribution is 2.02. The molecule has 1 aromatic rings. The van der Waals surface area contributed by atoms with Crippen LogP contribution in [0.4, 0.5) is 0 Å². The van der Waals surface area contributed by atoms with Gasteiger partial charge in [-0.25, -0.2) is 0 Å². The van der Waals surface area contributed by atoms with Crippen molar-refractivity contribution in [2.75, 3.05) is 13.1 Å². The maximum absolute atomic E-state index is 11.7. The lowest BCUT2D eigenvalue weighted by atomic mass is 10.1. The number of aryl methyl sites for hydroxylation is 1. The molecule has 0 bridgehead atoms. The van der Waals surface area contributed by atoms with Crippen LogP contribution in [0, 0.1) is 6.92 Å². The van der Waals surface area contributed by atoms with Crippen LogP contribution in [0.25, 0.3) is 0 Å². The highest BCUT2D eigenvalue weighted by molar-refractivity contribution is 5.94. The summed E-state index contributed by atoms with van der Waals surface area (Å²) in [5.41, 5.74) is 1.71. The lowest BCUT2D eigenvalue weighted by Gasteiger charge is -2.12. The number of aliphatic carboxylic acids is 1. The summed E-state index contributed by atoms with van der Waals surface area (Å²) in [6.07, 6.45) is 0.515. The molecule has 1 rings (SSSR count). The summed E-state index contributed by atoms with van der Waals surface area (Å²) in [6.45, 7) is 4.60. The number of hydrogen-bond acceptors (Lipinski definition) is 3. The highest BCUT2D eigenvalue weighted by Gasteiger charge is 2.13. The summed E-state index contributed by atoms with van der Waals surface area (Å²) in [5.74, 6) is -1.02. The number of carboxylic acids is 1. The van der Waals surface area contributed by atoms with Crippen LogP contribution in [0.2, 0.25) is 0 Å². The van der Waals surface area contributed by atoms with Gasteiger partial charge in [0.25, 0.3) is 5.91 Å². The van der Waals surface area contributed by atoms with Crippen molar-refractivity contribution >= 4 is 11.9 Å². The minimum atomic E-state index is -0.868. The number of amides is 1. The Bertz CT molecular complexity index is 429. The number of carbonyl (C=O) groups is 2. The van der Waals surface area contributed by atoms with Crippen LogP contribution in [0.3, 0.4) is 0 Å². The first-order valence-electron chi connectivity index (χ1n) is 6.35. The average Bonchev–Trinajstić information content (AvgIpc) is 2.38. The molecular formula is C14H20N2O3. The SMILES string of the molecule is CCC(NCCNC(=O)c1ccc(C)cc1)C(=O)O. The molecule has 5 nitrogen and oxygen atoms in total. The molecule has 0 aromatic heterocycles. The summed E-state index contributed by atoms with van der Waals surface area (Å²) < 4.78 is 0. The van der Waals surface area contributed by atoms with Crippen LogP contribution in [-0.4, -0.2) is 36.1 Å². The molecule has 1 unspecified atom stereocenters. The predicted octanol–water partition coefficient (Wildman–Crippen LogP) is 1.18. The fourth-order valence-electron chi connectivity index (χ4n) is 1.64. The van der Waals surface area contributed by atoms with Gasteiger partial charge >= 0.3 is 5.97 Å². The van der Waals surface area contributed by atoms with E-state index in [4.69, 9.17) is 5.11 Å². The molecule has 3 N–H and O–H groups in total. The molecule has 0 fully saturated rings. The van der Waals surface area contributed by atoms with Gasteiger partial charge in [0.15, 0.2) is 0 Å². The standard InChI is InChI=1S/C14H20N2O3/c1-3-12(14(18)19)15-8-9-16-13(17)11-6-4-10(2)5-7-11/h4-7,12,15H,3,8-9H2,1-2H3,(H,16,17)(H,18,19). The van der Waals surface area contributed by atoms with Crippen molar-refractivity contribution < 1.29 is 14.7 Å². The second kappa shape index (κ2) is 7.53. The van der Waals surface area contributed by atoms with Crippen molar-refractivity contribution in [1.82, 2.24) is 10.6 Å². The van der Waals surface area contributed by atoms with Crippen LogP contribution >= 0.6 is 0 Å². The van der Waals surface area contributed by atoms with Crippen LogP contribution in [0.15, 0.2) is 24.3 Å². The van der Waals surface area contributed by atoms with E-state index in [-0.39, 0.29) is 5.91 Å². The van der Waals surface area contributed by atoms with Gasteiger partial charge in [-0.15, -0.1) is 0 Å². The third-order valence-electron chi connectivity index (χ3n) is 2.82. The molecule has 1 atom stereocenters. The van der Waals surface area contributed by atoms with Gasteiger partial charge in [0.1, 0.15) is 6.04 Å². The molecule has 0 radical (unpaired) electrons. The lowest BCUT2D eigenvalue weighted by molar-refractivity contribution is -0.139. The van der Waals surface area contributed by atoms with E-state index in [0.717, 1.165) is 5.56 Å². The van der Waals surface area contributed by atoms with E-state index in [1.165, 1.54) is 0 Å². The predicted molar refractivity (Wildman–Crippen MR) is 73.2 cm³/mol. The first kappa shape index (κ1) is 15.2. The summed E-state index contributed by atoms with van der Waals surface area (Å²) in [4.78, 5) is 22.5. The molecule has 0 aliphatic carbocycles. The molecule has 104 valence electrons. The molecule has 5 heteroatoms. The molecule has 1 amide bonds. The minimum absolute atomic E-state index is 0.148. The summed E-state index contributed by atoms with van der Waals surface area (Å²) in [7, 11) is 0. The Morgan fingerprint density at radius 1 is 1.21 bits per heavy atom. The molecule has 0 saturated heterocycles. The largest absolute Gasteiger partial charge is 0.480 e. The third kappa shape index (κ3) is 5.09. The van der Waals surface area contributed by atoms with Gasteiger partial charge in [-0.2, -0.15) is 0 Å². The normalized spacial score (nSPS) is 11.9. The van der Waals surface area contributed by atoms with E-state index in [1.807, 2.05) is 19.1 Å². The quantitative estimate of drug-likeness (QED) is 0.646. The van der Waals surface area contributed by atoms with Crippen LogP contribution in [0.5, 0.6) is 0 Å². The maximum atomic E-state index is 11.7. The van der Waals surface area contributed by atoms with Crippen molar-refractivity contribution in [1.29, 1.82) is 0 Å². The van der Waals surface area contributed by atoms with Crippen molar-refractivity contribution in [3.05, 3.63) is 35.4 Å². The van der Waals surface area contributed by atoms with Crippen LogP contribution in [0.1, 0.15) is 29.3 Å². The number of rotatable bonds is 7. The fourth-order valence-corrected chi connectivity index (χ4v) is 1.64. The second-order valence-corrected chi connectivity index (χ2v) is 4.38. The van der Waals surface area contributed by atoms with Crippen LogP contribution in [-0.2, 0) is 4.79 Å². The van der Waals surface area contributed by atoms with Crippen molar-refractivity contribution in [3.63, 3.8) is 0 Å². The number of hydrogen-bond donors (Lipinski definition) is 3. The zero-order valence-corrected chi connectivity index (χ0v) is 11.3. The number of benzene rings is 1. The third-order valence-corrected chi connectivity index (χ3v) is 2.82. The molecule has 0 spiro atoms. The zero-order chi connectivity index (χ0) is 14.3. The lowest BCUT2D eigenvalue weighted by Crippen LogP contribution is -2.40. The Morgan fingerprint density at radius 2 is 1.84 bits per heavy atom. The van der Waals surface area contributed by atoms with Crippen LogP contribution < -0.4 is 10.6 Å². The van der Waals surface area contributed by atoms with E-state index < -0.39 is 12.0 Å². The van der Waals surface area contributed by atoms with Gasteiger partial charge in [-0.05, 0) is 25.5 Å². The topological polar surface area (TPSA) is 78.4 Å². The summed E-state index contributed by atoms with van der Waals surface area (Å²) in [6, 6.07) is 6.74. The van der Waals surface area contributed by atoms with E-state index in [0.29, 0.717) is 25.1 Å². The first-order valence-corrected chi connectivity index (χ1v) is 6.35. The molecule has 0 saturated carbocycles. The molecule has 1 aromatic carbocycles. The van der Waals surface area contributed by atoms with Crippen molar-refractivity contribution in [2.45, 2.75) is 26.3 Å². The Balaban J connectivity index is 2.31.